The zero-order valence-corrected chi connectivity index (χ0v) is 10.7. The first-order chi connectivity index (χ1) is 9.36. The molecule has 7 heteroatoms. The van der Waals surface area contributed by atoms with Gasteiger partial charge >= 0.3 is 6.18 Å². The molecule has 1 heterocycles. The molecule has 0 radical (unpaired) electrons. The largest absolute Gasteiger partial charge is 0.416 e. The van der Waals surface area contributed by atoms with Crippen LogP contribution in [-0.4, -0.2) is 11.1 Å². The number of imide groups is 1. The maximum Gasteiger partial charge on any atom is 0.416 e. The van der Waals surface area contributed by atoms with E-state index in [1.807, 2.05) is 0 Å². The second kappa shape index (κ2) is 5.54. The summed E-state index contributed by atoms with van der Waals surface area (Å²) in [5.74, 6) is -0.475. The Labute approximate surface area is 116 Å². The number of halogens is 3. The van der Waals surface area contributed by atoms with E-state index in [1.165, 1.54) is 24.3 Å². The van der Waals surface area contributed by atoms with Crippen LogP contribution in [-0.2, 0) is 11.0 Å². The van der Waals surface area contributed by atoms with E-state index in [-0.39, 0.29) is 4.91 Å². The number of benzene rings is 1. The molecule has 1 N–H and O–H groups in total. The monoisotopic (exact) mass is 299 g/mol. The molecule has 0 unspecified atom stereocenters. The van der Waals surface area contributed by atoms with Gasteiger partial charge in [-0.25, -0.2) is 0 Å². The standard InChI is InChI=1S/C13H8F3NO2S/c14-13(15,16)9-6-4-8(5-7-9)2-1-3-10-11(18)17-12(19)20-10/h1-7H,(H,17,18,19)/b2-1+,10-3-. The molecule has 0 saturated carbocycles. The predicted octanol–water partition coefficient (Wildman–Crippen LogP) is 3.59. The average Bonchev–Trinajstić information content (AvgIpc) is 2.67. The molecule has 20 heavy (non-hydrogen) atoms. The van der Waals surface area contributed by atoms with E-state index < -0.39 is 22.9 Å². The summed E-state index contributed by atoms with van der Waals surface area (Å²) < 4.78 is 37.0. The molecule has 0 bridgehead atoms. The van der Waals surface area contributed by atoms with Gasteiger partial charge in [0.2, 0.25) is 0 Å². The Kier molecular flexibility index (Phi) is 3.99. The normalized spacial score (nSPS) is 18.1. The molecule has 1 aliphatic rings. The van der Waals surface area contributed by atoms with Crippen molar-refractivity contribution in [3.8, 4) is 0 Å². The summed E-state index contributed by atoms with van der Waals surface area (Å²) in [6.07, 6.45) is 0.124. The molecule has 1 saturated heterocycles. The Hall–Kier alpha value is -2.02. The Bertz CT molecular complexity index is 603. The number of hydrogen-bond donors (Lipinski definition) is 1. The van der Waals surface area contributed by atoms with Crippen LogP contribution in [0.4, 0.5) is 18.0 Å². The number of carbonyl (C=O) groups excluding carboxylic acids is 2. The van der Waals surface area contributed by atoms with Crippen LogP contribution in [0.5, 0.6) is 0 Å². The van der Waals surface area contributed by atoms with E-state index in [2.05, 4.69) is 5.32 Å². The first kappa shape index (κ1) is 14.4. The van der Waals surface area contributed by atoms with Crippen molar-refractivity contribution in [2.24, 2.45) is 0 Å². The summed E-state index contributed by atoms with van der Waals surface area (Å²) in [6, 6.07) is 4.61. The first-order valence-electron chi connectivity index (χ1n) is 5.45. The molecule has 0 aliphatic carbocycles. The van der Waals surface area contributed by atoms with Crippen molar-refractivity contribution in [2.75, 3.05) is 0 Å². The summed E-state index contributed by atoms with van der Waals surface area (Å²) in [7, 11) is 0. The molecular formula is C13H8F3NO2S. The van der Waals surface area contributed by atoms with Gasteiger partial charge in [-0.05, 0) is 35.5 Å². The third kappa shape index (κ3) is 3.51. The number of rotatable bonds is 2. The maximum absolute atomic E-state index is 12.3. The summed E-state index contributed by atoms with van der Waals surface area (Å²) in [6.45, 7) is 0. The zero-order valence-electron chi connectivity index (χ0n) is 9.90. The lowest BCUT2D eigenvalue weighted by atomic mass is 10.1. The maximum atomic E-state index is 12.3. The molecule has 0 atom stereocenters. The van der Waals surface area contributed by atoms with Crippen molar-refractivity contribution in [1.82, 2.24) is 5.32 Å². The van der Waals surface area contributed by atoms with Crippen LogP contribution >= 0.6 is 11.8 Å². The van der Waals surface area contributed by atoms with Crippen LogP contribution in [0.1, 0.15) is 11.1 Å². The number of carbonyl (C=O) groups is 2. The second-order valence-corrected chi connectivity index (χ2v) is 4.87. The van der Waals surface area contributed by atoms with Crippen LogP contribution in [0.25, 0.3) is 6.08 Å². The minimum atomic E-state index is -4.36. The van der Waals surface area contributed by atoms with Crippen LogP contribution in [0.15, 0.2) is 41.3 Å². The molecule has 0 aromatic heterocycles. The molecule has 3 nitrogen and oxygen atoms in total. The highest BCUT2D eigenvalue weighted by molar-refractivity contribution is 8.18. The molecule has 1 fully saturated rings. The first-order valence-corrected chi connectivity index (χ1v) is 6.27. The van der Waals surface area contributed by atoms with E-state index in [0.29, 0.717) is 5.56 Å². The highest BCUT2D eigenvalue weighted by Gasteiger charge is 2.29. The number of thioether (sulfide) groups is 1. The van der Waals surface area contributed by atoms with Crippen LogP contribution in [0.2, 0.25) is 0 Å². The second-order valence-electron chi connectivity index (χ2n) is 3.85. The number of hydrogen-bond acceptors (Lipinski definition) is 3. The van der Waals surface area contributed by atoms with Gasteiger partial charge in [0.1, 0.15) is 0 Å². The third-order valence-electron chi connectivity index (χ3n) is 2.42. The van der Waals surface area contributed by atoms with Crippen molar-refractivity contribution in [1.29, 1.82) is 0 Å². The molecule has 2 rings (SSSR count). The number of amides is 2. The fraction of sp³-hybridized carbons (Fsp3) is 0.0769. The lowest BCUT2D eigenvalue weighted by molar-refractivity contribution is -0.137. The van der Waals surface area contributed by atoms with Gasteiger partial charge in [0.15, 0.2) is 0 Å². The van der Waals surface area contributed by atoms with Crippen molar-refractivity contribution in [2.45, 2.75) is 6.18 Å². The zero-order chi connectivity index (χ0) is 14.8. The fourth-order valence-corrected chi connectivity index (χ4v) is 2.10. The molecule has 0 spiro atoms. The smallest absolute Gasteiger partial charge is 0.282 e. The molecule has 2 amide bonds. The van der Waals surface area contributed by atoms with E-state index in [9.17, 15) is 22.8 Å². The Morgan fingerprint density at radius 1 is 1.10 bits per heavy atom. The third-order valence-corrected chi connectivity index (χ3v) is 3.25. The van der Waals surface area contributed by atoms with Gasteiger partial charge in [0.05, 0.1) is 10.5 Å². The minimum absolute atomic E-state index is 0.248. The van der Waals surface area contributed by atoms with Gasteiger partial charge in [-0.3, -0.25) is 14.9 Å². The summed E-state index contributed by atoms with van der Waals surface area (Å²) in [4.78, 5) is 22.3. The summed E-state index contributed by atoms with van der Waals surface area (Å²) in [5, 5.41) is 1.66. The molecule has 1 aromatic rings. The van der Waals surface area contributed by atoms with Crippen molar-refractivity contribution in [3.63, 3.8) is 0 Å². The summed E-state index contributed by atoms with van der Waals surface area (Å²) in [5.41, 5.74) is -0.158. The lowest BCUT2D eigenvalue weighted by Crippen LogP contribution is -2.17. The number of allylic oxidation sites excluding steroid dienone is 2. The van der Waals surface area contributed by atoms with Gasteiger partial charge in [-0.1, -0.05) is 24.3 Å². The van der Waals surface area contributed by atoms with Crippen molar-refractivity contribution in [3.05, 3.63) is 52.4 Å². The van der Waals surface area contributed by atoms with E-state index in [1.54, 1.807) is 6.08 Å². The average molecular weight is 299 g/mol. The molecular weight excluding hydrogens is 291 g/mol. The Balaban J connectivity index is 2.07. The molecule has 104 valence electrons. The van der Waals surface area contributed by atoms with Crippen molar-refractivity contribution >= 4 is 29.0 Å². The van der Waals surface area contributed by atoms with E-state index in [0.717, 1.165) is 23.9 Å². The van der Waals surface area contributed by atoms with Gasteiger partial charge in [-0.2, -0.15) is 13.2 Å². The molecule has 1 aliphatic heterocycles. The minimum Gasteiger partial charge on any atom is -0.282 e. The van der Waals surface area contributed by atoms with Gasteiger partial charge in [-0.15, -0.1) is 0 Å². The van der Waals surface area contributed by atoms with E-state index >= 15 is 0 Å². The Morgan fingerprint density at radius 3 is 2.25 bits per heavy atom. The van der Waals surface area contributed by atoms with Crippen LogP contribution < -0.4 is 5.32 Å². The topological polar surface area (TPSA) is 46.2 Å². The Morgan fingerprint density at radius 2 is 1.75 bits per heavy atom. The van der Waals surface area contributed by atoms with Gasteiger partial charge in [0.25, 0.3) is 11.1 Å². The van der Waals surface area contributed by atoms with Gasteiger partial charge < -0.3 is 0 Å². The van der Waals surface area contributed by atoms with Gasteiger partial charge in [0, 0.05) is 0 Å². The quantitative estimate of drug-likeness (QED) is 0.849. The number of nitrogens with one attached hydrogen (secondary N) is 1. The van der Waals surface area contributed by atoms with Crippen LogP contribution in [0.3, 0.4) is 0 Å². The fourth-order valence-electron chi connectivity index (χ4n) is 1.47. The highest BCUT2D eigenvalue weighted by Crippen LogP contribution is 2.29. The number of alkyl halides is 3. The summed E-state index contributed by atoms with van der Waals surface area (Å²) >= 11 is 0.776. The van der Waals surface area contributed by atoms with E-state index in [4.69, 9.17) is 0 Å². The predicted molar refractivity (Wildman–Crippen MR) is 69.7 cm³/mol. The van der Waals surface area contributed by atoms with Crippen LogP contribution in [0, 0.1) is 0 Å². The molecule has 1 aromatic carbocycles. The van der Waals surface area contributed by atoms with Crippen molar-refractivity contribution < 1.29 is 22.8 Å². The highest BCUT2D eigenvalue weighted by atomic mass is 32.2. The lowest BCUT2D eigenvalue weighted by Gasteiger charge is -2.05. The SMILES string of the molecule is O=C1NC(=O)/C(=C/C=C/c2ccc(C(F)(F)F)cc2)S1.